The van der Waals surface area contributed by atoms with Gasteiger partial charge < -0.3 is 20.1 Å². The molecule has 22 heavy (non-hydrogen) atoms. The van der Waals surface area contributed by atoms with Gasteiger partial charge in [-0.25, -0.2) is 0 Å². The molecule has 0 aliphatic carbocycles. The van der Waals surface area contributed by atoms with Crippen molar-refractivity contribution in [1.29, 1.82) is 0 Å². The van der Waals surface area contributed by atoms with Crippen molar-refractivity contribution in [3.63, 3.8) is 0 Å². The lowest BCUT2D eigenvalue weighted by Gasteiger charge is -2.39. The number of benzene rings is 1. The van der Waals surface area contributed by atoms with Crippen molar-refractivity contribution >= 4 is 5.91 Å². The van der Waals surface area contributed by atoms with E-state index in [-0.39, 0.29) is 11.9 Å². The van der Waals surface area contributed by atoms with Crippen LogP contribution in [0, 0.1) is 5.92 Å². The molecule has 2 rings (SSSR count). The van der Waals surface area contributed by atoms with Crippen molar-refractivity contribution in [2.75, 3.05) is 33.4 Å². The minimum absolute atomic E-state index is 0.0606. The lowest BCUT2D eigenvalue weighted by atomic mass is 9.90. The first-order chi connectivity index (χ1) is 10.7. The topological polar surface area (TPSA) is 64.8 Å². The number of carbonyl (C=O) groups is 1. The van der Waals surface area contributed by atoms with Gasteiger partial charge in [0.2, 0.25) is 0 Å². The predicted octanol–water partition coefficient (Wildman–Crippen LogP) is 1.91. The molecule has 2 atom stereocenters. The van der Waals surface area contributed by atoms with Gasteiger partial charge >= 0.3 is 0 Å². The second kappa shape index (κ2) is 8.15. The number of nitrogens with zero attached hydrogens (tertiary/aromatic N) is 1. The van der Waals surface area contributed by atoms with E-state index in [1.807, 2.05) is 29.2 Å². The average molecular weight is 306 g/mol. The SMILES string of the molecule is COCCOc1ccc(C(=O)N2CCC[C@@H](C)[C@@H]2CN)cc1. The largest absolute Gasteiger partial charge is 0.491 e. The van der Waals surface area contributed by atoms with Crippen LogP contribution in [0.3, 0.4) is 0 Å². The molecule has 5 nitrogen and oxygen atoms in total. The first-order valence-corrected chi connectivity index (χ1v) is 7.90. The summed E-state index contributed by atoms with van der Waals surface area (Å²) >= 11 is 0. The quantitative estimate of drug-likeness (QED) is 0.815. The van der Waals surface area contributed by atoms with Gasteiger partial charge in [0.1, 0.15) is 12.4 Å². The summed E-state index contributed by atoms with van der Waals surface area (Å²) in [5.74, 6) is 1.26. The molecule has 0 unspecified atom stereocenters. The van der Waals surface area contributed by atoms with Crippen LogP contribution in [0.5, 0.6) is 5.75 Å². The van der Waals surface area contributed by atoms with Crippen LogP contribution >= 0.6 is 0 Å². The van der Waals surface area contributed by atoms with Gasteiger partial charge in [0, 0.05) is 31.8 Å². The van der Waals surface area contributed by atoms with Gasteiger partial charge in [-0.2, -0.15) is 0 Å². The average Bonchev–Trinajstić information content (AvgIpc) is 2.55. The van der Waals surface area contributed by atoms with E-state index in [0.717, 1.165) is 25.1 Å². The molecule has 1 fully saturated rings. The number of methoxy groups -OCH3 is 1. The molecule has 1 aromatic carbocycles. The summed E-state index contributed by atoms with van der Waals surface area (Å²) in [6.07, 6.45) is 2.18. The number of likely N-dealkylation sites (tertiary alicyclic amines) is 1. The minimum atomic E-state index is 0.0606. The van der Waals surface area contributed by atoms with Gasteiger partial charge in [-0.1, -0.05) is 6.92 Å². The molecule has 1 aromatic rings. The van der Waals surface area contributed by atoms with Crippen molar-refractivity contribution in [3.8, 4) is 5.75 Å². The summed E-state index contributed by atoms with van der Waals surface area (Å²) < 4.78 is 10.5. The third-order valence-corrected chi connectivity index (χ3v) is 4.28. The number of amides is 1. The Kier molecular flexibility index (Phi) is 6.21. The van der Waals surface area contributed by atoms with Crippen LogP contribution in [0.4, 0.5) is 0 Å². The number of nitrogens with two attached hydrogens (primary N) is 1. The van der Waals surface area contributed by atoms with Crippen molar-refractivity contribution in [2.24, 2.45) is 11.7 Å². The van der Waals surface area contributed by atoms with E-state index in [1.165, 1.54) is 0 Å². The minimum Gasteiger partial charge on any atom is -0.491 e. The highest BCUT2D eigenvalue weighted by atomic mass is 16.5. The molecular weight excluding hydrogens is 280 g/mol. The summed E-state index contributed by atoms with van der Waals surface area (Å²) in [5, 5.41) is 0. The molecule has 122 valence electrons. The Balaban J connectivity index is 2.02. The summed E-state index contributed by atoms with van der Waals surface area (Å²) in [6, 6.07) is 7.43. The third kappa shape index (κ3) is 3.99. The van der Waals surface area contributed by atoms with E-state index >= 15 is 0 Å². The number of hydrogen-bond acceptors (Lipinski definition) is 4. The molecule has 1 heterocycles. The second-order valence-electron chi connectivity index (χ2n) is 5.79. The smallest absolute Gasteiger partial charge is 0.254 e. The monoisotopic (exact) mass is 306 g/mol. The Morgan fingerprint density at radius 1 is 1.32 bits per heavy atom. The Bertz CT molecular complexity index is 475. The molecular formula is C17H26N2O3. The second-order valence-corrected chi connectivity index (χ2v) is 5.79. The maximum absolute atomic E-state index is 12.7. The van der Waals surface area contributed by atoms with E-state index in [4.69, 9.17) is 15.2 Å². The van der Waals surface area contributed by atoms with Gasteiger partial charge in [0.05, 0.1) is 6.61 Å². The van der Waals surface area contributed by atoms with Crippen LogP contribution in [0.25, 0.3) is 0 Å². The van der Waals surface area contributed by atoms with Gasteiger partial charge in [-0.3, -0.25) is 4.79 Å². The van der Waals surface area contributed by atoms with Crippen molar-refractivity contribution in [2.45, 2.75) is 25.8 Å². The summed E-state index contributed by atoms with van der Waals surface area (Å²) in [4.78, 5) is 14.6. The molecule has 1 aliphatic heterocycles. The van der Waals surface area contributed by atoms with E-state index in [2.05, 4.69) is 6.92 Å². The molecule has 1 aliphatic rings. The Labute approximate surface area is 132 Å². The molecule has 0 aromatic heterocycles. The number of hydrogen-bond donors (Lipinski definition) is 1. The van der Waals surface area contributed by atoms with E-state index in [9.17, 15) is 4.79 Å². The van der Waals surface area contributed by atoms with Crippen molar-refractivity contribution < 1.29 is 14.3 Å². The molecule has 0 spiro atoms. The third-order valence-electron chi connectivity index (χ3n) is 4.28. The zero-order chi connectivity index (χ0) is 15.9. The van der Waals surface area contributed by atoms with Gasteiger partial charge in [0.15, 0.2) is 0 Å². The molecule has 2 N–H and O–H groups in total. The molecule has 1 amide bonds. The first kappa shape index (κ1) is 16.8. The van der Waals surface area contributed by atoms with E-state index in [1.54, 1.807) is 7.11 Å². The van der Waals surface area contributed by atoms with Crippen molar-refractivity contribution in [3.05, 3.63) is 29.8 Å². The number of rotatable bonds is 6. The van der Waals surface area contributed by atoms with Crippen LogP contribution in [0.2, 0.25) is 0 Å². The maximum atomic E-state index is 12.7. The van der Waals surface area contributed by atoms with Crippen molar-refractivity contribution in [1.82, 2.24) is 4.90 Å². The first-order valence-electron chi connectivity index (χ1n) is 7.90. The van der Waals surface area contributed by atoms with E-state index < -0.39 is 0 Å². The predicted molar refractivity (Wildman–Crippen MR) is 86.1 cm³/mol. The standard InChI is InChI=1S/C17H26N2O3/c1-13-4-3-9-19(16(13)12-18)17(20)14-5-7-15(8-6-14)22-11-10-21-2/h5-8,13,16H,3-4,9-12,18H2,1-2H3/t13-,16+/m1/s1. The zero-order valence-corrected chi connectivity index (χ0v) is 13.5. The number of piperidine rings is 1. The highest BCUT2D eigenvalue weighted by Gasteiger charge is 2.31. The lowest BCUT2D eigenvalue weighted by Crippen LogP contribution is -2.51. The van der Waals surface area contributed by atoms with Gasteiger partial charge in [-0.15, -0.1) is 0 Å². The Morgan fingerprint density at radius 2 is 2.05 bits per heavy atom. The number of ether oxygens (including phenoxy) is 2. The fourth-order valence-corrected chi connectivity index (χ4v) is 2.96. The molecule has 0 saturated carbocycles. The molecule has 1 saturated heterocycles. The van der Waals surface area contributed by atoms with Gasteiger partial charge in [0.25, 0.3) is 5.91 Å². The van der Waals surface area contributed by atoms with Gasteiger partial charge in [-0.05, 0) is 43.0 Å². The number of carbonyl (C=O) groups excluding carboxylic acids is 1. The molecule has 0 radical (unpaired) electrons. The zero-order valence-electron chi connectivity index (χ0n) is 13.5. The fourth-order valence-electron chi connectivity index (χ4n) is 2.96. The highest BCUT2D eigenvalue weighted by molar-refractivity contribution is 5.94. The fraction of sp³-hybridized carbons (Fsp3) is 0.588. The summed E-state index contributed by atoms with van der Waals surface area (Å²) in [7, 11) is 1.64. The van der Waals surface area contributed by atoms with E-state index in [0.29, 0.717) is 31.2 Å². The summed E-state index contributed by atoms with van der Waals surface area (Å²) in [5.41, 5.74) is 6.55. The van der Waals surface area contributed by atoms with Crippen LogP contribution in [-0.4, -0.2) is 50.3 Å². The normalized spacial score (nSPS) is 21.7. The maximum Gasteiger partial charge on any atom is 0.254 e. The van der Waals surface area contributed by atoms with Crippen LogP contribution < -0.4 is 10.5 Å². The summed E-state index contributed by atoms with van der Waals surface area (Å²) in [6.45, 7) is 4.53. The Morgan fingerprint density at radius 3 is 2.68 bits per heavy atom. The van der Waals surface area contributed by atoms with Crippen LogP contribution in [-0.2, 0) is 4.74 Å². The Hall–Kier alpha value is -1.59. The lowest BCUT2D eigenvalue weighted by molar-refractivity contribution is 0.0532. The molecule has 5 heteroatoms. The highest BCUT2D eigenvalue weighted by Crippen LogP contribution is 2.25. The molecule has 0 bridgehead atoms. The van der Waals surface area contributed by atoms with Crippen LogP contribution in [0.15, 0.2) is 24.3 Å². The van der Waals surface area contributed by atoms with Crippen LogP contribution in [0.1, 0.15) is 30.1 Å².